The third kappa shape index (κ3) is 2.82. The van der Waals surface area contributed by atoms with Crippen molar-refractivity contribution < 1.29 is 14.3 Å². The number of nitrogens with zero attached hydrogens (tertiary/aromatic N) is 2. The number of carbonyl (C=O) groups excluding carboxylic acids is 2. The van der Waals surface area contributed by atoms with Crippen LogP contribution in [0.2, 0.25) is 0 Å². The lowest BCUT2D eigenvalue weighted by Crippen LogP contribution is -2.37. The van der Waals surface area contributed by atoms with Crippen molar-refractivity contribution in [1.82, 2.24) is 9.88 Å². The molecule has 1 unspecified atom stereocenters. The van der Waals surface area contributed by atoms with E-state index < -0.39 is 12.3 Å². The smallest absolute Gasteiger partial charge is 0.324 e. The fourth-order valence-corrected chi connectivity index (χ4v) is 4.58. The summed E-state index contributed by atoms with van der Waals surface area (Å²) in [6, 6.07) is 10.3. The van der Waals surface area contributed by atoms with E-state index in [0.717, 1.165) is 31.2 Å². The number of rotatable bonds is 2. The van der Waals surface area contributed by atoms with Gasteiger partial charge in [0.25, 0.3) is 5.91 Å². The molecule has 7 heteroatoms. The Balaban J connectivity index is 1.41. The largest absolute Gasteiger partial charge is 0.346 e. The third-order valence-electron chi connectivity index (χ3n) is 5.87. The highest BCUT2D eigenvalue weighted by atomic mass is 16.5. The van der Waals surface area contributed by atoms with Gasteiger partial charge in [0.2, 0.25) is 0 Å². The van der Waals surface area contributed by atoms with Gasteiger partial charge in [-0.1, -0.05) is 31.4 Å². The molecule has 1 aromatic heterocycles. The second-order valence-corrected chi connectivity index (χ2v) is 7.71. The summed E-state index contributed by atoms with van der Waals surface area (Å²) in [5, 5.41) is 5.58. The van der Waals surface area contributed by atoms with E-state index in [0.29, 0.717) is 23.6 Å². The summed E-state index contributed by atoms with van der Waals surface area (Å²) in [4.78, 5) is 31.3. The topological polar surface area (TPSA) is 83.6 Å². The number of hydrogen-bond acceptors (Lipinski definition) is 4. The van der Waals surface area contributed by atoms with Crippen LogP contribution in [0.25, 0.3) is 0 Å². The van der Waals surface area contributed by atoms with Gasteiger partial charge >= 0.3 is 6.03 Å². The maximum atomic E-state index is 12.9. The Morgan fingerprint density at radius 2 is 1.96 bits per heavy atom. The number of urea groups is 1. The molecule has 5 rings (SSSR count). The van der Waals surface area contributed by atoms with E-state index in [9.17, 15) is 9.59 Å². The standard InChI is InChI=1S/C21H22N4O3/c26-18-14-7-6-8-15(23-20(27)24-16-9-2-5-12-22-16)17(14)19-25(18)13-21(28-19)10-3-1-4-11-21/h2,5-9,12,19H,1,3-4,10-11,13H2,(H2,22,23,24,27). The Kier molecular flexibility index (Phi) is 4.05. The number of anilines is 2. The molecule has 0 radical (unpaired) electrons. The molecule has 1 aliphatic carbocycles. The molecule has 2 N–H and O–H groups in total. The Bertz CT molecular complexity index is 925. The Morgan fingerprint density at radius 1 is 1.11 bits per heavy atom. The minimum Gasteiger partial charge on any atom is -0.346 e. The highest BCUT2D eigenvalue weighted by Gasteiger charge is 2.53. The van der Waals surface area contributed by atoms with Gasteiger partial charge in [0, 0.05) is 17.3 Å². The Hall–Kier alpha value is -2.93. The first kappa shape index (κ1) is 17.2. The third-order valence-corrected chi connectivity index (χ3v) is 5.87. The minimum absolute atomic E-state index is 0.0174. The summed E-state index contributed by atoms with van der Waals surface area (Å²) >= 11 is 0. The van der Waals surface area contributed by atoms with Crippen LogP contribution in [0.15, 0.2) is 42.6 Å². The van der Waals surface area contributed by atoms with Crippen LogP contribution in [-0.2, 0) is 4.74 Å². The van der Waals surface area contributed by atoms with Crippen molar-refractivity contribution in [3.63, 3.8) is 0 Å². The van der Waals surface area contributed by atoms with Crippen LogP contribution in [0.5, 0.6) is 0 Å². The van der Waals surface area contributed by atoms with Crippen molar-refractivity contribution in [3.05, 3.63) is 53.7 Å². The summed E-state index contributed by atoms with van der Waals surface area (Å²) in [5.74, 6) is 0.444. The van der Waals surface area contributed by atoms with Crippen LogP contribution >= 0.6 is 0 Å². The van der Waals surface area contributed by atoms with Gasteiger partial charge in [-0.2, -0.15) is 0 Å². The lowest BCUT2D eigenvalue weighted by atomic mass is 9.85. The minimum atomic E-state index is -0.424. The van der Waals surface area contributed by atoms with Gasteiger partial charge in [0.05, 0.1) is 17.8 Å². The van der Waals surface area contributed by atoms with Crippen LogP contribution in [0.4, 0.5) is 16.3 Å². The predicted molar refractivity (Wildman–Crippen MR) is 104 cm³/mol. The van der Waals surface area contributed by atoms with Crippen molar-refractivity contribution in [2.45, 2.75) is 43.9 Å². The quantitative estimate of drug-likeness (QED) is 0.830. The van der Waals surface area contributed by atoms with Gasteiger partial charge in [-0.05, 0) is 37.1 Å². The number of carbonyl (C=O) groups is 2. The van der Waals surface area contributed by atoms with Crippen LogP contribution in [0, 0.1) is 0 Å². The molecule has 144 valence electrons. The SMILES string of the molecule is O=C(Nc1ccccn1)Nc1cccc2c1C1OC3(CCCCC3)CN1C2=O. The number of hydrogen-bond donors (Lipinski definition) is 2. The Labute approximate surface area is 163 Å². The fraction of sp³-hybridized carbons (Fsp3) is 0.381. The molecule has 2 aromatic rings. The summed E-state index contributed by atoms with van der Waals surface area (Å²) in [5.41, 5.74) is 1.72. The van der Waals surface area contributed by atoms with E-state index >= 15 is 0 Å². The first-order chi connectivity index (χ1) is 13.7. The molecule has 3 heterocycles. The summed E-state index contributed by atoms with van der Waals surface area (Å²) in [6.45, 7) is 0.630. The fourth-order valence-electron chi connectivity index (χ4n) is 4.58. The van der Waals surface area contributed by atoms with E-state index in [-0.39, 0.29) is 11.5 Å². The molecule has 1 aromatic carbocycles. The second-order valence-electron chi connectivity index (χ2n) is 7.71. The molecule has 2 aliphatic heterocycles. The van der Waals surface area contributed by atoms with Crippen molar-refractivity contribution in [1.29, 1.82) is 0 Å². The zero-order chi connectivity index (χ0) is 19.1. The van der Waals surface area contributed by atoms with Gasteiger partial charge in [0.1, 0.15) is 5.82 Å². The molecule has 7 nitrogen and oxygen atoms in total. The van der Waals surface area contributed by atoms with Crippen LogP contribution in [-0.4, -0.2) is 34.0 Å². The average molecular weight is 378 g/mol. The van der Waals surface area contributed by atoms with Crippen molar-refractivity contribution >= 4 is 23.4 Å². The number of aromatic nitrogens is 1. The number of benzene rings is 1. The normalized spacial score (nSPS) is 22.1. The molecule has 0 bridgehead atoms. The van der Waals surface area contributed by atoms with Gasteiger partial charge in [-0.25, -0.2) is 9.78 Å². The van der Waals surface area contributed by atoms with E-state index in [1.807, 2.05) is 11.0 Å². The molecule has 3 aliphatic rings. The molecular formula is C21H22N4O3. The van der Waals surface area contributed by atoms with Gasteiger partial charge < -0.3 is 15.0 Å². The summed E-state index contributed by atoms with van der Waals surface area (Å²) in [6.07, 6.45) is 6.65. The predicted octanol–water partition coefficient (Wildman–Crippen LogP) is 3.91. The van der Waals surface area contributed by atoms with Crippen molar-refractivity contribution in [3.8, 4) is 0 Å². The van der Waals surface area contributed by atoms with Crippen LogP contribution in [0.3, 0.4) is 0 Å². The molecule has 1 spiro atoms. The summed E-state index contributed by atoms with van der Waals surface area (Å²) < 4.78 is 6.47. The van der Waals surface area contributed by atoms with E-state index in [1.54, 1.807) is 36.5 Å². The maximum absolute atomic E-state index is 12.9. The van der Waals surface area contributed by atoms with Crippen LogP contribution < -0.4 is 10.6 Å². The van der Waals surface area contributed by atoms with Crippen molar-refractivity contribution in [2.75, 3.05) is 17.2 Å². The van der Waals surface area contributed by atoms with E-state index in [2.05, 4.69) is 15.6 Å². The number of ether oxygens (including phenoxy) is 1. The first-order valence-corrected chi connectivity index (χ1v) is 9.76. The Morgan fingerprint density at radius 3 is 2.75 bits per heavy atom. The van der Waals surface area contributed by atoms with Gasteiger partial charge in [-0.15, -0.1) is 0 Å². The van der Waals surface area contributed by atoms with Gasteiger partial charge in [-0.3, -0.25) is 10.1 Å². The molecule has 1 atom stereocenters. The highest BCUT2D eigenvalue weighted by Crippen LogP contribution is 2.50. The lowest BCUT2D eigenvalue weighted by molar-refractivity contribution is -0.0694. The number of nitrogens with one attached hydrogen (secondary N) is 2. The molecule has 1 saturated carbocycles. The van der Waals surface area contributed by atoms with Crippen LogP contribution in [0.1, 0.15) is 54.3 Å². The zero-order valence-corrected chi connectivity index (χ0v) is 15.5. The van der Waals surface area contributed by atoms with Gasteiger partial charge in [0.15, 0.2) is 6.23 Å². The van der Waals surface area contributed by atoms with E-state index in [4.69, 9.17) is 4.74 Å². The maximum Gasteiger partial charge on any atom is 0.324 e. The molecular weight excluding hydrogens is 356 g/mol. The molecule has 1 saturated heterocycles. The van der Waals surface area contributed by atoms with Crippen molar-refractivity contribution in [2.24, 2.45) is 0 Å². The highest BCUT2D eigenvalue weighted by molar-refractivity contribution is 6.04. The summed E-state index contributed by atoms with van der Waals surface area (Å²) in [7, 11) is 0. The molecule has 3 amide bonds. The molecule has 28 heavy (non-hydrogen) atoms. The second kappa shape index (κ2) is 6.60. The first-order valence-electron chi connectivity index (χ1n) is 9.76. The zero-order valence-electron chi connectivity index (χ0n) is 15.5. The molecule has 2 fully saturated rings. The van der Waals surface area contributed by atoms with E-state index in [1.165, 1.54) is 6.42 Å². The number of pyridine rings is 1. The average Bonchev–Trinajstić information content (AvgIpc) is 3.18. The monoisotopic (exact) mass is 378 g/mol. The number of amides is 3. The lowest BCUT2D eigenvalue weighted by Gasteiger charge is -2.32. The number of fused-ring (bicyclic) bond motifs is 3.